The van der Waals surface area contributed by atoms with E-state index < -0.39 is 0 Å². The SMILES string of the molecule is C=C(C)CNC(N)=NCc1noc2c1CCCC2. The highest BCUT2D eigenvalue weighted by Gasteiger charge is 2.18. The minimum Gasteiger partial charge on any atom is -0.370 e. The first-order valence-corrected chi connectivity index (χ1v) is 6.31. The first kappa shape index (κ1) is 12.7. The molecule has 5 nitrogen and oxygen atoms in total. The summed E-state index contributed by atoms with van der Waals surface area (Å²) in [6, 6.07) is 0. The Balaban J connectivity index is 1.95. The van der Waals surface area contributed by atoms with Gasteiger partial charge in [0.15, 0.2) is 5.96 Å². The number of fused-ring (bicyclic) bond motifs is 1. The van der Waals surface area contributed by atoms with E-state index >= 15 is 0 Å². The van der Waals surface area contributed by atoms with Gasteiger partial charge in [0.2, 0.25) is 0 Å². The third kappa shape index (κ3) is 3.12. The van der Waals surface area contributed by atoms with Gasteiger partial charge in [-0.05, 0) is 26.2 Å². The quantitative estimate of drug-likeness (QED) is 0.481. The maximum atomic E-state index is 5.75. The molecule has 1 aromatic heterocycles. The normalized spacial score (nSPS) is 15.3. The lowest BCUT2D eigenvalue weighted by atomic mass is 9.96. The molecule has 0 fully saturated rings. The number of hydrogen-bond acceptors (Lipinski definition) is 3. The van der Waals surface area contributed by atoms with Gasteiger partial charge in [0, 0.05) is 18.5 Å². The molecule has 5 heteroatoms. The number of rotatable bonds is 4. The van der Waals surface area contributed by atoms with Crippen molar-refractivity contribution in [3.63, 3.8) is 0 Å². The van der Waals surface area contributed by atoms with Crippen LogP contribution < -0.4 is 11.1 Å². The van der Waals surface area contributed by atoms with Gasteiger partial charge in [-0.15, -0.1) is 0 Å². The van der Waals surface area contributed by atoms with Crippen LogP contribution in [0.3, 0.4) is 0 Å². The predicted molar refractivity (Wildman–Crippen MR) is 71.3 cm³/mol. The number of hydrogen-bond donors (Lipinski definition) is 2. The van der Waals surface area contributed by atoms with Crippen LogP contribution in [0.15, 0.2) is 21.7 Å². The topological polar surface area (TPSA) is 76.4 Å². The first-order chi connectivity index (χ1) is 8.66. The van der Waals surface area contributed by atoms with E-state index in [1.54, 1.807) is 0 Å². The van der Waals surface area contributed by atoms with Crippen molar-refractivity contribution in [1.82, 2.24) is 10.5 Å². The molecule has 0 amide bonds. The van der Waals surface area contributed by atoms with Crippen LogP contribution >= 0.6 is 0 Å². The van der Waals surface area contributed by atoms with Gasteiger partial charge >= 0.3 is 0 Å². The van der Waals surface area contributed by atoms with Crippen LogP contribution in [0, 0.1) is 0 Å². The molecule has 0 radical (unpaired) electrons. The largest absolute Gasteiger partial charge is 0.370 e. The van der Waals surface area contributed by atoms with E-state index in [2.05, 4.69) is 22.0 Å². The van der Waals surface area contributed by atoms with E-state index in [1.807, 2.05) is 6.92 Å². The zero-order chi connectivity index (χ0) is 13.0. The highest BCUT2D eigenvalue weighted by molar-refractivity contribution is 5.78. The molecule has 0 spiro atoms. The van der Waals surface area contributed by atoms with Gasteiger partial charge in [-0.2, -0.15) is 0 Å². The van der Waals surface area contributed by atoms with Crippen LogP contribution in [0.2, 0.25) is 0 Å². The summed E-state index contributed by atoms with van der Waals surface area (Å²) in [6.45, 7) is 6.86. The van der Waals surface area contributed by atoms with Crippen LogP contribution in [-0.4, -0.2) is 17.7 Å². The minimum atomic E-state index is 0.422. The number of nitrogens with one attached hydrogen (secondary N) is 1. The van der Waals surface area contributed by atoms with E-state index in [1.165, 1.54) is 18.4 Å². The third-order valence-electron chi connectivity index (χ3n) is 3.00. The Morgan fingerprint density at radius 3 is 3.06 bits per heavy atom. The van der Waals surface area contributed by atoms with Crippen molar-refractivity contribution in [3.05, 3.63) is 29.2 Å². The average Bonchev–Trinajstić information content (AvgIpc) is 2.77. The van der Waals surface area contributed by atoms with Crippen molar-refractivity contribution < 1.29 is 4.52 Å². The zero-order valence-electron chi connectivity index (χ0n) is 10.8. The Hall–Kier alpha value is -1.78. The van der Waals surface area contributed by atoms with Gasteiger partial charge in [-0.1, -0.05) is 17.3 Å². The molecular weight excluding hydrogens is 228 g/mol. The van der Waals surface area contributed by atoms with Crippen molar-refractivity contribution in [2.24, 2.45) is 10.7 Å². The summed E-state index contributed by atoms with van der Waals surface area (Å²) < 4.78 is 5.32. The fourth-order valence-electron chi connectivity index (χ4n) is 2.03. The van der Waals surface area contributed by atoms with E-state index in [-0.39, 0.29) is 0 Å². The summed E-state index contributed by atoms with van der Waals surface area (Å²) in [6.07, 6.45) is 4.43. The molecule has 1 heterocycles. The molecule has 98 valence electrons. The third-order valence-corrected chi connectivity index (χ3v) is 3.00. The molecule has 0 unspecified atom stereocenters. The number of aromatic nitrogens is 1. The minimum absolute atomic E-state index is 0.422. The van der Waals surface area contributed by atoms with Crippen molar-refractivity contribution in [1.29, 1.82) is 0 Å². The zero-order valence-corrected chi connectivity index (χ0v) is 10.8. The first-order valence-electron chi connectivity index (χ1n) is 6.31. The standard InChI is InChI=1S/C13H20N4O/c1-9(2)7-15-13(14)16-8-11-10-5-3-4-6-12(10)18-17-11/h1,3-8H2,2H3,(H3,14,15,16). The lowest BCUT2D eigenvalue weighted by Gasteiger charge is -2.08. The number of guanidine groups is 1. The smallest absolute Gasteiger partial charge is 0.189 e. The number of nitrogens with zero attached hydrogens (tertiary/aromatic N) is 2. The summed E-state index contributed by atoms with van der Waals surface area (Å²) >= 11 is 0. The highest BCUT2D eigenvalue weighted by Crippen LogP contribution is 2.24. The summed E-state index contributed by atoms with van der Waals surface area (Å²) in [5.41, 5.74) is 8.93. The van der Waals surface area contributed by atoms with E-state index in [0.29, 0.717) is 19.0 Å². The van der Waals surface area contributed by atoms with Gasteiger partial charge in [-0.25, -0.2) is 4.99 Å². The average molecular weight is 248 g/mol. The molecule has 3 N–H and O–H groups in total. The van der Waals surface area contributed by atoms with Crippen LogP contribution in [0.25, 0.3) is 0 Å². The molecular formula is C13H20N4O. The monoisotopic (exact) mass is 248 g/mol. The van der Waals surface area contributed by atoms with Crippen LogP contribution in [0.1, 0.15) is 36.8 Å². The van der Waals surface area contributed by atoms with Crippen molar-refractivity contribution in [2.45, 2.75) is 39.2 Å². The van der Waals surface area contributed by atoms with E-state index in [9.17, 15) is 0 Å². The lowest BCUT2D eigenvalue weighted by molar-refractivity contribution is 0.368. The van der Waals surface area contributed by atoms with Gasteiger partial charge in [-0.3, -0.25) is 0 Å². The fourth-order valence-corrected chi connectivity index (χ4v) is 2.03. The van der Waals surface area contributed by atoms with E-state index in [4.69, 9.17) is 10.3 Å². The molecule has 2 rings (SSSR count). The Morgan fingerprint density at radius 2 is 2.28 bits per heavy atom. The molecule has 0 saturated heterocycles. The Labute approximate surface area is 107 Å². The summed E-state index contributed by atoms with van der Waals surface area (Å²) in [7, 11) is 0. The fraction of sp³-hybridized carbons (Fsp3) is 0.538. The molecule has 0 aliphatic heterocycles. The van der Waals surface area contributed by atoms with Gasteiger partial charge in [0.05, 0.1) is 6.54 Å². The lowest BCUT2D eigenvalue weighted by Crippen LogP contribution is -2.32. The molecule has 1 aromatic rings. The maximum Gasteiger partial charge on any atom is 0.189 e. The predicted octanol–water partition coefficient (Wildman–Crippen LogP) is 1.53. The maximum absolute atomic E-state index is 5.75. The summed E-state index contributed by atoms with van der Waals surface area (Å²) in [4.78, 5) is 4.27. The van der Waals surface area contributed by atoms with Crippen LogP contribution in [0.5, 0.6) is 0 Å². The molecule has 0 atom stereocenters. The second-order valence-corrected chi connectivity index (χ2v) is 4.75. The Morgan fingerprint density at radius 1 is 1.50 bits per heavy atom. The van der Waals surface area contributed by atoms with Crippen LogP contribution in [-0.2, 0) is 19.4 Å². The van der Waals surface area contributed by atoms with Crippen molar-refractivity contribution in [3.8, 4) is 0 Å². The summed E-state index contributed by atoms with van der Waals surface area (Å²) in [5, 5.41) is 7.08. The van der Waals surface area contributed by atoms with Crippen molar-refractivity contribution >= 4 is 5.96 Å². The van der Waals surface area contributed by atoms with Crippen molar-refractivity contribution in [2.75, 3.05) is 6.54 Å². The second-order valence-electron chi connectivity index (χ2n) is 4.75. The highest BCUT2D eigenvalue weighted by atomic mass is 16.5. The second kappa shape index (κ2) is 5.71. The Bertz CT molecular complexity index is 462. The molecule has 18 heavy (non-hydrogen) atoms. The van der Waals surface area contributed by atoms with E-state index in [0.717, 1.165) is 29.9 Å². The molecule has 1 aliphatic rings. The molecule has 0 bridgehead atoms. The molecule has 1 aliphatic carbocycles. The van der Waals surface area contributed by atoms with Gasteiger partial charge in [0.25, 0.3) is 0 Å². The van der Waals surface area contributed by atoms with Gasteiger partial charge < -0.3 is 15.6 Å². The number of aryl methyl sites for hydroxylation is 1. The molecule has 0 aromatic carbocycles. The van der Waals surface area contributed by atoms with Gasteiger partial charge in [0.1, 0.15) is 11.5 Å². The Kier molecular flexibility index (Phi) is 4.02. The van der Waals surface area contributed by atoms with Crippen LogP contribution in [0.4, 0.5) is 0 Å². The summed E-state index contributed by atoms with van der Waals surface area (Å²) in [5.74, 6) is 1.45. The number of aliphatic imine (C=N–C) groups is 1. The molecule has 0 saturated carbocycles. The number of nitrogens with two attached hydrogens (primary N) is 1.